The van der Waals surface area contributed by atoms with Crippen molar-refractivity contribution in [3.8, 4) is 0 Å². The van der Waals surface area contributed by atoms with Crippen LogP contribution in [0.2, 0.25) is 0 Å². The van der Waals surface area contributed by atoms with Crippen molar-refractivity contribution in [3.63, 3.8) is 0 Å². The lowest BCUT2D eigenvalue weighted by atomic mass is 10.1. The monoisotopic (exact) mass is 277 g/mol. The van der Waals surface area contributed by atoms with E-state index in [1.165, 1.54) is 0 Å². The molecule has 0 bridgehead atoms. The Morgan fingerprint density at radius 1 is 1.35 bits per heavy atom. The molecular formula is C15H23N3O2. The molecule has 2 atom stereocenters. The van der Waals surface area contributed by atoms with Gasteiger partial charge in [-0.05, 0) is 18.6 Å². The molecule has 2 rings (SSSR count). The minimum Gasteiger partial charge on any atom is -0.394 e. The van der Waals surface area contributed by atoms with Gasteiger partial charge in [0.05, 0.1) is 36.3 Å². The van der Waals surface area contributed by atoms with Gasteiger partial charge < -0.3 is 20.5 Å². The molecule has 0 fully saturated rings. The number of aliphatic hydroxyl groups is 2. The van der Waals surface area contributed by atoms with Crippen LogP contribution in [0.1, 0.15) is 38.1 Å². The Hall–Kier alpha value is -1.43. The summed E-state index contributed by atoms with van der Waals surface area (Å²) in [6.07, 6.45) is 2.21. The highest BCUT2D eigenvalue weighted by atomic mass is 16.3. The van der Waals surface area contributed by atoms with Crippen molar-refractivity contribution < 1.29 is 10.2 Å². The van der Waals surface area contributed by atoms with Crippen LogP contribution in [0.25, 0.3) is 11.0 Å². The zero-order valence-electron chi connectivity index (χ0n) is 11.9. The van der Waals surface area contributed by atoms with Crippen LogP contribution in [-0.4, -0.2) is 32.5 Å². The molecule has 1 aromatic heterocycles. The number of hydrogen-bond acceptors (Lipinski definition) is 4. The molecule has 0 saturated heterocycles. The van der Waals surface area contributed by atoms with Crippen LogP contribution >= 0.6 is 0 Å². The molecule has 1 heterocycles. The second-order valence-corrected chi connectivity index (χ2v) is 5.15. The van der Waals surface area contributed by atoms with Gasteiger partial charge in [0.2, 0.25) is 0 Å². The number of aromatic nitrogens is 2. The molecule has 1 aromatic carbocycles. The summed E-state index contributed by atoms with van der Waals surface area (Å²) >= 11 is 0. The van der Waals surface area contributed by atoms with Gasteiger partial charge in [0.25, 0.3) is 0 Å². The number of benzene rings is 1. The zero-order valence-corrected chi connectivity index (χ0v) is 11.9. The predicted octanol–water partition coefficient (Wildman–Crippen LogP) is 1.58. The van der Waals surface area contributed by atoms with E-state index < -0.39 is 6.10 Å². The molecule has 0 aliphatic heterocycles. The molecular weight excluding hydrogens is 254 g/mol. The highest BCUT2D eigenvalue weighted by Gasteiger charge is 2.18. The number of hydrogen-bond donors (Lipinski definition) is 3. The number of imidazole rings is 1. The van der Waals surface area contributed by atoms with Crippen molar-refractivity contribution >= 4 is 11.0 Å². The Balaban J connectivity index is 2.38. The number of aliphatic hydroxyl groups excluding tert-OH is 2. The van der Waals surface area contributed by atoms with Gasteiger partial charge in [0.15, 0.2) is 0 Å². The van der Waals surface area contributed by atoms with Crippen molar-refractivity contribution in [2.45, 2.75) is 44.9 Å². The average molecular weight is 277 g/mol. The number of nitrogens with two attached hydrogens (primary N) is 1. The van der Waals surface area contributed by atoms with E-state index in [0.717, 1.165) is 36.1 Å². The highest BCUT2D eigenvalue weighted by molar-refractivity contribution is 5.76. The first kappa shape index (κ1) is 15.0. The van der Waals surface area contributed by atoms with Gasteiger partial charge in [-0.25, -0.2) is 4.98 Å². The minimum atomic E-state index is -0.801. The van der Waals surface area contributed by atoms with Crippen molar-refractivity contribution in [1.82, 2.24) is 9.55 Å². The molecule has 0 aliphatic carbocycles. The number of unbranched alkanes of at least 4 members (excludes halogenated alkanes) is 1. The van der Waals surface area contributed by atoms with Gasteiger partial charge in [0, 0.05) is 0 Å². The van der Waals surface area contributed by atoms with Gasteiger partial charge in [-0.15, -0.1) is 0 Å². The maximum atomic E-state index is 9.73. The smallest absolute Gasteiger partial charge is 0.126 e. The van der Waals surface area contributed by atoms with Crippen molar-refractivity contribution in [3.05, 3.63) is 30.1 Å². The Bertz CT molecular complexity index is 553. The third kappa shape index (κ3) is 3.17. The van der Waals surface area contributed by atoms with Crippen LogP contribution in [-0.2, 0) is 6.54 Å². The highest BCUT2D eigenvalue weighted by Crippen LogP contribution is 2.23. The van der Waals surface area contributed by atoms with Crippen LogP contribution in [0, 0.1) is 0 Å². The topological polar surface area (TPSA) is 84.3 Å². The standard InChI is InChI=1S/C15H23N3O2/c1-2-3-6-12(16)15-17-13-7-4-5-8-14(13)18(15)9-11(20)10-19/h4-5,7-8,11-12,19-20H,2-3,6,9-10,16H2,1H3. The lowest BCUT2D eigenvalue weighted by Crippen LogP contribution is -2.24. The van der Waals surface area contributed by atoms with Crippen LogP contribution in [0.5, 0.6) is 0 Å². The SMILES string of the molecule is CCCCC(N)c1nc2ccccc2n1CC(O)CO. The summed E-state index contributed by atoms with van der Waals surface area (Å²) in [6, 6.07) is 7.63. The maximum Gasteiger partial charge on any atom is 0.126 e. The van der Waals surface area contributed by atoms with Crippen LogP contribution in [0.3, 0.4) is 0 Å². The van der Waals surface area contributed by atoms with Gasteiger partial charge in [-0.1, -0.05) is 31.9 Å². The van der Waals surface area contributed by atoms with Gasteiger partial charge >= 0.3 is 0 Å². The molecule has 0 amide bonds. The Morgan fingerprint density at radius 2 is 2.10 bits per heavy atom. The summed E-state index contributed by atoms with van der Waals surface area (Å²) in [5.74, 6) is 0.784. The Kier molecular flexibility index (Phi) is 5.11. The summed E-state index contributed by atoms with van der Waals surface area (Å²) in [5, 5.41) is 18.8. The summed E-state index contributed by atoms with van der Waals surface area (Å²) in [5.41, 5.74) is 8.06. The fraction of sp³-hybridized carbons (Fsp3) is 0.533. The molecule has 0 spiro atoms. The van der Waals surface area contributed by atoms with Crippen LogP contribution in [0.4, 0.5) is 0 Å². The van der Waals surface area contributed by atoms with E-state index in [9.17, 15) is 5.11 Å². The van der Waals surface area contributed by atoms with E-state index in [1.807, 2.05) is 28.8 Å². The van der Waals surface area contributed by atoms with Crippen LogP contribution < -0.4 is 5.73 Å². The first-order valence-corrected chi connectivity index (χ1v) is 7.17. The minimum absolute atomic E-state index is 0.145. The van der Waals surface area contributed by atoms with Crippen molar-refractivity contribution in [2.75, 3.05) is 6.61 Å². The molecule has 5 nitrogen and oxygen atoms in total. The largest absolute Gasteiger partial charge is 0.394 e. The van der Waals surface area contributed by atoms with Gasteiger partial charge in [-0.2, -0.15) is 0 Å². The summed E-state index contributed by atoms with van der Waals surface area (Å²) in [7, 11) is 0. The molecule has 4 N–H and O–H groups in total. The zero-order chi connectivity index (χ0) is 14.5. The molecule has 2 unspecified atom stereocenters. The summed E-state index contributed by atoms with van der Waals surface area (Å²) in [4.78, 5) is 4.60. The number of para-hydroxylation sites is 2. The quantitative estimate of drug-likeness (QED) is 0.717. The first-order valence-electron chi connectivity index (χ1n) is 7.17. The molecule has 0 radical (unpaired) electrons. The van der Waals surface area contributed by atoms with E-state index in [-0.39, 0.29) is 12.6 Å². The fourth-order valence-corrected chi connectivity index (χ4v) is 2.39. The molecule has 0 saturated carbocycles. The number of fused-ring (bicyclic) bond motifs is 1. The second-order valence-electron chi connectivity index (χ2n) is 5.15. The molecule has 2 aromatic rings. The van der Waals surface area contributed by atoms with Crippen molar-refractivity contribution in [1.29, 1.82) is 0 Å². The van der Waals surface area contributed by atoms with E-state index in [1.54, 1.807) is 0 Å². The maximum absolute atomic E-state index is 9.73. The molecule has 0 aliphatic rings. The molecule has 20 heavy (non-hydrogen) atoms. The van der Waals surface area contributed by atoms with E-state index in [4.69, 9.17) is 10.8 Å². The third-order valence-corrected chi connectivity index (χ3v) is 3.49. The molecule has 110 valence electrons. The third-order valence-electron chi connectivity index (χ3n) is 3.49. The predicted molar refractivity (Wildman–Crippen MR) is 79.3 cm³/mol. The number of rotatable bonds is 7. The molecule has 5 heteroatoms. The van der Waals surface area contributed by atoms with Gasteiger partial charge in [-0.3, -0.25) is 0 Å². The lowest BCUT2D eigenvalue weighted by Gasteiger charge is -2.16. The summed E-state index contributed by atoms with van der Waals surface area (Å²) < 4.78 is 1.93. The second kappa shape index (κ2) is 6.83. The van der Waals surface area contributed by atoms with Crippen molar-refractivity contribution in [2.24, 2.45) is 5.73 Å². The van der Waals surface area contributed by atoms with E-state index >= 15 is 0 Å². The lowest BCUT2D eigenvalue weighted by molar-refractivity contribution is 0.0811. The number of nitrogens with zero attached hydrogens (tertiary/aromatic N) is 2. The average Bonchev–Trinajstić information content (AvgIpc) is 2.83. The van der Waals surface area contributed by atoms with Crippen LogP contribution in [0.15, 0.2) is 24.3 Å². The van der Waals surface area contributed by atoms with E-state index in [2.05, 4.69) is 11.9 Å². The van der Waals surface area contributed by atoms with Gasteiger partial charge in [0.1, 0.15) is 5.82 Å². The van der Waals surface area contributed by atoms with E-state index in [0.29, 0.717) is 6.54 Å². The summed E-state index contributed by atoms with van der Waals surface area (Å²) in [6.45, 7) is 2.17. The Labute approximate surface area is 119 Å². The Morgan fingerprint density at radius 3 is 2.80 bits per heavy atom. The normalized spacial score (nSPS) is 14.6. The fourth-order valence-electron chi connectivity index (χ4n) is 2.39. The first-order chi connectivity index (χ1) is 9.67.